The number of nitrogen functional groups attached to an aromatic ring is 1. The van der Waals surface area contributed by atoms with Crippen LogP contribution in [0, 0.1) is 0 Å². The van der Waals surface area contributed by atoms with Gasteiger partial charge < -0.3 is 10.5 Å². The molecule has 0 fully saturated rings. The molecule has 0 aliphatic heterocycles. The molecule has 0 amide bonds. The summed E-state index contributed by atoms with van der Waals surface area (Å²) in [5, 5.41) is 0. The number of nitrogens with zero attached hydrogens (tertiary/aromatic N) is 3. The number of fused-ring (bicyclic) bond motifs is 1. The predicted octanol–water partition coefficient (Wildman–Crippen LogP) is 0.625. The largest absolute Gasteiger partial charge is 0.477 e. The molecule has 0 spiro atoms. The van der Waals surface area contributed by atoms with Gasteiger partial charge in [0.05, 0.1) is 4.43 Å². The van der Waals surface area contributed by atoms with E-state index in [0.29, 0.717) is 15.8 Å². The number of halogens is 1. The van der Waals surface area contributed by atoms with Crippen molar-refractivity contribution >= 4 is 39.7 Å². The minimum Gasteiger partial charge on any atom is -0.477 e. The molecule has 17 heavy (non-hydrogen) atoms. The average Bonchev–Trinajstić information content (AvgIpc) is 2.69. The fourth-order valence-corrected chi connectivity index (χ4v) is 1.48. The van der Waals surface area contributed by atoms with Crippen LogP contribution in [0.1, 0.15) is 0 Å². The first-order valence-electron chi connectivity index (χ1n) is 4.69. The summed E-state index contributed by atoms with van der Waals surface area (Å²) in [7, 11) is 0. The standard InChI is InChI=1S/C9H10IN5O2/c1-5(2-10)17-4-15-3-12-6-7(15)13-9(11)14-8(6)16/h3H,1-2,4H2,(H3,11,13,14,16). The van der Waals surface area contributed by atoms with E-state index in [4.69, 9.17) is 10.5 Å². The number of imidazole rings is 1. The molecule has 2 rings (SSSR count). The molecule has 0 aliphatic carbocycles. The van der Waals surface area contributed by atoms with Gasteiger partial charge in [0, 0.05) is 0 Å². The van der Waals surface area contributed by atoms with Crippen LogP contribution in [0.5, 0.6) is 0 Å². The number of alkyl halides is 1. The molecule has 90 valence electrons. The fraction of sp³-hybridized carbons (Fsp3) is 0.222. The molecule has 3 N–H and O–H groups in total. The summed E-state index contributed by atoms with van der Waals surface area (Å²) in [6, 6.07) is 0. The molecule has 2 aromatic heterocycles. The Labute approximate surface area is 110 Å². The number of hydrogen-bond donors (Lipinski definition) is 2. The highest BCUT2D eigenvalue weighted by Gasteiger charge is 2.09. The van der Waals surface area contributed by atoms with E-state index >= 15 is 0 Å². The quantitative estimate of drug-likeness (QED) is 0.480. The first-order valence-corrected chi connectivity index (χ1v) is 6.21. The van der Waals surface area contributed by atoms with Crippen molar-refractivity contribution in [2.75, 3.05) is 10.2 Å². The Hall–Kier alpha value is -1.58. The molecule has 0 saturated heterocycles. The molecule has 8 heteroatoms. The van der Waals surface area contributed by atoms with Crippen molar-refractivity contribution < 1.29 is 4.74 Å². The predicted molar refractivity (Wildman–Crippen MR) is 71.7 cm³/mol. The van der Waals surface area contributed by atoms with Crippen molar-refractivity contribution in [1.82, 2.24) is 19.5 Å². The number of ether oxygens (including phenoxy) is 1. The second kappa shape index (κ2) is 4.73. The maximum absolute atomic E-state index is 11.5. The molecular formula is C9H10IN5O2. The van der Waals surface area contributed by atoms with E-state index < -0.39 is 0 Å². The minimum atomic E-state index is -0.362. The Kier molecular flexibility index (Phi) is 3.31. The molecule has 7 nitrogen and oxygen atoms in total. The van der Waals surface area contributed by atoms with Gasteiger partial charge in [-0.05, 0) is 0 Å². The zero-order valence-electron chi connectivity index (χ0n) is 8.81. The molecule has 2 heterocycles. The van der Waals surface area contributed by atoms with Gasteiger partial charge in [-0.1, -0.05) is 29.2 Å². The summed E-state index contributed by atoms with van der Waals surface area (Å²) in [6.45, 7) is 3.91. The highest BCUT2D eigenvalue weighted by molar-refractivity contribution is 14.1. The van der Waals surface area contributed by atoms with Gasteiger partial charge in [0.15, 0.2) is 17.9 Å². The van der Waals surface area contributed by atoms with Crippen molar-refractivity contribution in [3.8, 4) is 0 Å². The zero-order chi connectivity index (χ0) is 12.4. The van der Waals surface area contributed by atoms with Crippen LogP contribution in [-0.4, -0.2) is 23.9 Å². The third-order valence-electron chi connectivity index (χ3n) is 2.05. The number of aromatic nitrogens is 4. The Morgan fingerprint density at radius 3 is 3.18 bits per heavy atom. The van der Waals surface area contributed by atoms with E-state index in [1.807, 2.05) is 0 Å². The first kappa shape index (κ1) is 11.9. The van der Waals surface area contributed by atoms with Gasteiger partial charge in [-0.2, -0.15) is 4.98 Å². The van der Waals surface area contributed by atoms with Crippen molar-refractivity contribution in [3.63, 3.8) is 0 Å². The number of aromatic amines is 1. The SMILES string of the molecule is C=C(CI)OCn1cnc2c(=O)[nH]c(N)nc21. The minimum absolute atomic E-state index is 0.0527. The van der Waals surface area contributed by atoms with Crippen molar-refractivity contribution in [2.24, 2.45) is 0 Å². The molecule has 0 saturated carbocycles. The number of nitrogens with two attached hydrogens (primary N) is 1. The number of anilines is 1. The smallest absolute Gasteiger partial charge is 0.280 e. The summed E-state index contributed by atoms with van der Waals surface area (Å²) >= 11 is 2.14. The average molecular weight is 347 g/mol. The molecule has 0 radical (unpaired) electrons. The normalized spacial score (nSPS) is 10.6. The summed E-state index contributed by atoms with van der Waals surface area (Å²) in [5.74, 6) is 0.697. The van der Waals surface area contributed by atoms with Crippen LogP contribution >= 0.6 is 22.6 Å². The molecule has 0 aliphatic rings. The van der Waals surface area contributed by atoms with Gasteiger partial charge in [0.25, 0.3) is 5.56 Å². The fourth-order valence-electron chi connectivity index (χ4n) is 1.26. The second-order valence-corrected chi connectivity index (χ2v) is 4.05. The maximum Gasteiger partial charge on any atom is 0.280 e. The lowest BCUT2D eigenvalue weighted by atomic mass is 10.5. The van der Waals surface area contributed by atoms with Gasteiger partial charge in [-0.15, -0.1) is 0 Å². The van der Waals surface area contributed by atoms with Crippen LogP contribution in [0.3, 0.4) is 0 Å². The van der Waals surface area contributed by atoms with Crippen LogP contribution in [0.2, 0.25) is 0 Å². The van der Waals surface area contributed by atoms with Gasteiger partial charge in [0.1, 0.15) is 12.1 Å². The van der Waals surface area contributed by atoms with E-state index in [9.17, 15) is 4.79 Å². The first-order chi connectivity index (χ1) is 8.11. The van der Waals surface area contributed by atoms with Crippen LogP contribution in [0.15, 0.2) is 23.5 Å². The monoisotopic (exact) mass is 347 g/mol. The molecule has 0 unspecified atom stereocenters. The van der Waals surface area contributed by atoms with Gasteiger partial charge in [-0.25, -0.2) is 4.98 Å². The van der Waals surface area contributed by atoms with Crippen molar-refractivity contribution in [1.29, 1.82) is 0 Å². The lowest BCUT2D eigenvalue weighted by molar-refractivity contribution is 0.152. The number of rotatable bonds is 4. The van der Waals surface area contributed by atoms with E-state index in [1.165, 1.54) is 6.33 Å². The van der Waals surface area contributed by atoms with E-state index in [1.54, 1.807) is 4.57 Å². The third-order valence-corrected chi connectivity index (χ3v) is 2.90. The number of allylic oxidation sites excluding steroid dienone is 1. The highest BCUT2D eigenvalue weighted by atomic mass is 127. The molecule has 0 atom stereocenters. The van der Waals surface area contributed by atoms with Gasteiger partial charge >= 0.3 is 0 Å². The number of hydrogen-bond acceptors (Lipinski definition) is 5. The Balaban J connectivity index is 2.36. The zero-order valence-corrected chi connectivity index (χ0v) is 11.0. The highest BCUT2D eigenvalue weighted by Crippen LogP contribution is 2.08. The van der Waals surface area contributed by atoms with Crippen LogP contribution in [-0.2, 0) is 11.5 Å². The summed E-state index contributed by atoms with van der Waals surface area (Å²) in [5.41, 5.74) is 5.74. The van der Waals surface area contributed by atoms with Crippen molar-refractivity contribution in [2.45, 2.75) is 6.73 Å². The van der Waals surface area contributed by atoms with Gasteiger partial charge in [-0.3, -0.25) is 14.3 Å². The molecular weight excluding hydrogens is 337 g/mol. The van der Waals surface area contributed by atoms with Crippen LogP contribution in [0.25, 0.3) is 11.2 Å². The van der Waals surface area contributed by atoms with Crippen LogP contribution < -0.4 is 11.3 Å². The third kappa shape index (κ3) is 2.40. The lowest BCUT2D eigenvalue weighted by Gasteiger charge is -2.07. The maximum atomic E-state index is 11.5. The Morgan fingerprint density at radius 1 is 1.71 bits per heavy atom. The van der Waals surface area contributed by atoms with E-state index in [0.717, 1.165) is 0 Å². The Bertz CT molecular complexity index is 617. The molecule has 0 aromatic carbocycles. The summed E-state index contributed by atoms with van der Waals surface area (Å²) < 4.78 is 7.64. The second-order valence-electron chi connectivity index (χ2n) is 3.28. The lowest BCUT2D eigenvalue weighted by Crippen LogP contribution is -2.12. The number of H-pyrrole nitrogens is 1. The summed E-state index contributed by atoms with van der Waals surface area (Å²) in [4.78, 5) is 21.8. The van der Waals surface area contributed by atoms with Crippen molar-refractivity contribution in [3.05, 3.63) is 29.0 Å². The molecule has 0 bridgehead atoms. The van der Waals surface area contributed by atoms with Crippen LogP contribution in [0.4, 0.5) is 5.95 Å². The topological polar surface area (TPSA) is 98.8 Å². The van der Waals surface area contributed by atoms with E-state index in [-0.39, 0.29) is 23.8 Å². The number of nitrogens with one attached hydrogen (secondary N) is 1. The molecule has 2 aromatic rings. The van der Waals surface area contributed by atoms with E-state index in [2.05, 4.69) is 44.1 Å². The van der Waals surface area contributed by atoms with Gasteiger partial charge in [0.2, 0.25) is 5.95 Å². The summed E-state index contributed by atoms with van der Waals surface area (Å²) in [6.07, 6.45) is 1.48. The Morgan fingerprint density at radius 2 is 2.47 bits per heavy atom.